The molecule has 0 spiro atoms. The summed E-state index contributed by atoms with van der Waals surface area (Å²) in [6.07, 6.45) is 0. The van der Waals surface area contributed by atoms with E-state index in [1.165, 1.54) is 0 Å². The average molecular weight is 296 g/mol. The van der Waals surface area contributed by atoms with Crippen LogP contribution in [-0.4, -0.2) is 11.9 Å². The van der Waals surface area contributed by atoms with Gasteiger partial charge in [-0.05, 0) is 34.4 Å². The van der Waals surface area contributed by atoms with Gasteiger partial charge in [-0.3, -0.25) is 0 Å². The Morgan fingerprint density at radius 1 is 0.682 bits per heavy atom. The predicted molar refractivity (Wildman–Crippen MR) is 90.9 cm³/mol. The Bertz CT molecular complexity index is 645. The van der Waals surface area contributed by atoms with Gasteiger partial charge in [0.05, 0.1) is 13.1 Å². The Morgan fingerprint density at radius 3 is 1.64 bits per heavy atom. The molecule has 114 valence electrons. The van der Waals surface area contributed by atoms with E-state index >= 15 is 0 Å². The number of aliphatic imine (C=N–C) groups is 2. The molecule has 0 saturated carbocycles. The summed E-state index contributed by atoms with van der Waals surface area (Å²) in [5.74, 6) is 0.131. The minimum absolute atomic E-state index is 0.0656. The Labute approximate surface area is 129 Å². The summed E-state index contributed by atoms with van der Waals surface area (Å²) in [5.41, 5.74) is 25.8. The molecule has 2 aromatic carbocycles. The van der Waals surface area contributed by atoms with E-state index in [1.54, 1.807) is 0 Å². The molecule has 0 amide bonds. The van der Waals surface area contributed by atoms with E-state index in [2.05, 4.69) is 22.1 Å². The Hall–Kier alpha value is -3.02. The van der Waals surface area contributed by atoms with E-state index in [0.717, 1.165) is 22.3 Å². The second kappa shape index (κ2) is 7.12. The highest BCUT2D eigenvalue weighted by atomic mass is 15.0. The van der Waals surface area contributed by atoms with E-state index in [0.29, 0.717) is 13.1 Å². The fourth-order valence-electron chi connectivity index (χ4n) is 2.11. The molecule has 8 N–H and O–H groups in total. The van der Waals surface area contributed by atoms with Crippen molar-refractivity contribution in [2.24, 2.45) is 32.9 Å². The lowest BCUT2D eigenvalue weighted by atomic mass is 10.00. The van der Waals surface area contributed by atoms with Crippen LogP contribution in [0.4, 0.5) is 0 Å². The monoisotopic (exact) mass is 296 g/mol. The van der Waals surface area contributed by atoms with Crippen molar-refractivity contribution in [3.05, 3.63) is 59.7 Å². The van der Waals surface area contributed by atoms with Crippen LogP contribution in [0.1, 0.15) is 11.1 Å². The summed E-state index contributed by atoms with van der Waals surface area (Å²) in [5, 5.41) is 0. The minimum Gasteiger partial charge on any atom is -0.370 e. The van der Waals surface area contributed by atoms with Crippen LogP contribution < -0.4 is 22.9 Å². The molecule has 0 aliphatic carbocycles. The van der Waals surface area contributed by atoms with E-state index < -0.39 is 0 Å². The summed E-state index contributed by atoms with van der Waals surface area (Å²) >= 11 is 0. The lowest BCUT2D eigenvalue weighted by Gasteiger charge is -2.08. The normalized spacial score (nSPS) is 10.0. The fourth-order valence-corrected chi connectivity index (χ4v) is 2.11. The summed E-state index contributed by atoms with van der Waals surface area (Å²) in [7, 11) is 0. The van der Waals surface area contributed by atoms with Crippen LogP contribution in [0.25, 0.3) is 11.1 Å². The maximum absolute atomic E-state index is 5.40. The first-order chi connectivity index (χ1) is 10.5. The molecule has 6 nitrogen and oxygen atoms in total. The van der Waals surface area contributed by atoms with Crippen molar-refractivity contribution in [1.82, 2.24) is 0 Å². The predicted octanol–water partition coefficient (Wildman–Crippen LogP) is 0.900. The molecule has 22 heavy (non-hydrogen) atoms. The molecule has 0 bridgehead atoms. The lowest BCUT2D eigenvalue weighted by molar-refractivity contribution is 1.01. The summed E-state index contributed by atoms with van der Waals surface area (Å²) in [6.45, 7) is 0.829. The van der Waals surface area contributed by atoms with Crippen molar-refractivity contribution in [3.63, 3.8) is 0 Å². The highest BCUT2D eigenvalue weighted by molar-refractivity contribution is 5.76. The van der Waals surface area contributed by atoms with Crippen LogP contribution in [0.2, 0.25) is 0 Å². The number of hydrogen-bond acceptors (Lipinski definition) is 2. The maximum Gasteiger partial charge on any atom is 0.186 e. The Balaban J connectivity index is 2.39. The third kappa shape index (κ3) is 4.52. The van der Waals surface area contributed by atoms with Crippen molar-refractivity contribution < 1.29 is 0 Å². The van der Waals surface area contributed by atoms with Gasteiger partial charge in [-0.25, -0.2) is 9.98 Å². The molecule has 0 unspecified atom stereocenters. The third-order valence-corrected chi connectivity index (χ3v) is 3.05. The van der Waals surface area contributed by atoms with Gasteiger partial charge in [0.2, 0.25) is 0 Å². The first-order valence-corrected chi connectivity index (χ1v) is 6.83. The smallest absolute Gasteiger partial charge is 0.186 e. The van der Waals surface area contributed by atoms with Gasteiger partial charge in [0.15, 0.2) is 11.9 Å². The number of nitrogens with two attached hydrogens (primary N) is 4. The lowest BCUT2D eigenvalue weighted by Crippen LogP contribution is -2.22. The van der Waals surface area contributed by atoms with Crippen molar-refractivity contribution >= 4 is 11.9 Å². The molecule has 2 rings (SSSR count). The SMILES string of the molecule is NC(N)=NCc1cc(CN=C(N)N)cc(-c2ccccc2)c1. The van der Waals surface area contributed by atoms with Crippen molar-refractivity contribution in [2.75, 3.05) is 0 Å². The summed E-state index contributed by atoms with van der Waals surface area (Å²) in [6, 6.07) is 16.2. The molecule has 0 heterocycles. The van der Waals surface area contributed by atoms with E-state index in [4.69, 9.17) is 22.9 Å². The molecule has 2 aromatic rings. The van der Waals surface area contributed by atoms with E-state index in [1.807, 2.05) is 36.4 Å². The van der Waals surface area contributed by atoms with E-state index in [-0.39, 0.29) is 11.9 Å². The van der Waals surface area contributed by atoms with Gasteiger partial charge in [-0.15, -0.1) is 0 Å². The van der Waals surface area contributed by atoms with Crippen molar-refractivity contribution in [2.45, 2.75) is 13.1 Å². The molecule has 0 radical (unpaired) electrons. The number of rotatable bonds is 5. The van der Waals surface area contributed by atoms with Crippen molar-refractivity contribution in [1.29, 1.82) is 0 Å². The van der Waals surface area contributed by atoms with Crippen molar-refractivity contribution in [3.8, 4) is 11.1 Å². The molecular weight excluding hydrogens is 276 g/mol. The van der Waals surface area contributed by atoms with Gasteiger partial charge < -0.3 is 22.9 Å². The zero-order valence-corrected chi connectivity index (χ0v) is 12.2. The van der Waals surface area contributed by atoms with Crippen LogP contribution in [0.3, 0.4) is 0 Å². The quantitative estimate of drug-likeness (QED) is 0.482. The molecule has 0 atom stereocenters. The molecule has 0 saturated heterocycles. The minimum atomic E-state index is 0.0656. The number of nitrogens with zero attached hydrogens (tertiary/aromatic N) is 2. The zero-order chi connectivity index (χ0) is 15.9. The molecule has 0 aromatic heterocycles. The van der Waals surface area contributed by atoms with Crippen LogP contribution in [0.5, 0.6) is 0 Å². The van der Waals surface area contributed by atoms with Gasteiger partial charge >= 0.3 is 0 Å². The topological polar surface area (TPSA) is 129 Å². The van der Waals surface area contributed by atoms with Gasteiger partial charge in [0, 0.05) is 0 Å². The standard InChI is InChI=1S/C16H20N6/c17-15(18)21-9-11-6-12(10-22-16(19)20)8-14(7-11)13-4-2-1-3-5-13/h1-8H,9-10H2,(H4,17,18,21)(H4,19,20,22). The van der Waals surface area contributed by atoms with Crippen LogP contribution in [0.15, 0.2) is 58.5 Å². The van der Waals surface area contributed by atoms with Gasteiger partial charge in [0.1, 0.15) is 0 Å². The summed E-state index contributed by atoms with van der Waals surface area (Å²) < 4.78 is 0. The average Bonchev–Trinajstić information content (AvgIpc) is 2.51. The molecule has 6 heteroatoms. The maximum atomic E-state index is 5.40. The van der Waals surface area contributed by atoms with Gasteiger partial charge in [-0.2, -0.15) is 0 Å². The Kier molecular flexibility index (Phi) is 4.98. The van der Waals surface area contributed by atoms with Gasteiger partial charge in [0.25, 0.3) is 0 Å². The van der Waals surface area contributed by atoms with Crippen LogP contribution in [0, 0.1) is 0 Å². The van der Waals surface area contributed by atoms with Crippen LogP contribution in [-0.2, 0) is 13.1 Å². The first-order valence-electron chi connectivity index (χ1n) is 6.83. The second-order valence-electron chi connectivity index (χ2n) is 4.89. The van der Waals surface area contributed by atoms with Crippen LogP contribution >= 0.6 is 0 Å². The van der Waals surface area contributed by atoms with Gasteiger partial charge in [-0.1, -0.05) is 36.4 Å². The highest BCUT2D eigenvalue weighted by Crippen LogP contribution is 2.23. The molecule has 0 aliphatic rings. The molecular formula is C16H20N6. The van der Waals surface area contributed by atoms with E-state index in [9.17, 15) is 0 Å². The summed E-state index contributed by atoms with van der Waals surface area (Å²) in [4.78, 5) is 8.11. The molecule has 0 aliphatic heterocycles. The third-order valence-electron chi connectivity index (χ3n) is 3.05. The first kappa shape index (κ1) is 15.4. The second-order valence-corrected chi connectivity index (χ2v) is 4.89. The Morgan fingerprint density at radius 2 is 1.18 bits per heavy atom. The number of hydrogen-bond donors (Lipinski definition) is 4. The largest absolute Gasteiger partial charge is 0.370 e. The number of benzene rings is 2. The zero-order valence-electron chi connectivity index (χ0n) is 12.2. The fraction of sp³-hybridized carbons (Fsp3) is 0.125. The number of guanidine groups is 2. The molecule has 0 fully saturated rings. The highest BCUT2D eigenvalue weighted by Gasteiger charge is 2.03.